The zero-order valence-corrected chi connectivity index (χ0v) is 11.1. The lowest BCUT2D eigenvalue weighted by molar-refractivity contribution is -0.111. The summed E-state index contributed by atoms with van der Waals surface area (Å²) in [4.78, 5) is 0. The molecule has 100 valence electrons. The fourth-order valence-electron chi connectivity index (χ4n) is 2.30. The number of aliphatic hydroxyl groups excluding tert-OH is 1. The van der Waals surface area contributed by atoms with Gasteiger partial charge in [-0.15, -0.1) is 0 Å². The van der Waals surface area contributed by atoms with Gasteiger partial charge in [-0.2, -0.15) is 0 Å². The Morgan fingerprint density at radius 3 is 2.35 bits per heavy atom. The van der Waals surface area contributed by atoms with E-state index >= 15 is 0 Å². The monoisotopic (exact) mass is 264 g/mol. The van der Waals surface area contributed by atoms with Crippen molar-refractivity contribution in [3.8, 4) is 0 Å². The Bertz CT molecular complexity index is 687. The standard InChI is InChI=1S/C18H16O2/c19-18(20-13-14-7-2-1-3-8-14)17-12-6-10-15-9-4-5-11-16(15)17/h1-12,18-19H,13H2. The van der Waals surface area contributed by atoms with E-state index in [9.17, 15) is 5.11 Å². The Labute approximate surface area is 118 Å². The van der Waals surface area contributed by atoms with Crippen LogP contribution in [0, 0.1) is 0 Å². The summed E-state index contributed by atoms with van der Waals surface area (Å²) in [6.07, 6.45) is -0.915. The molecule has 0 saturated carbocycles. The van der Waals surface area contributed by atoms with Crippen LogP contribution < -0.4 is 0 Å². The van der Waals surface area contributed by atoms with Gasteiger partial charge < -0.3 is 9.84 Å². The average Bonchev–Trinajstić information content (AvgIpc) is 2.53. The second-order valence-electron chi connectivity index (χ2n) is 4.72. The van der Waals surface area contributed by atoms with Crippen molar-refractivity contribution in [1.29, 1.82) is 0 Å². The Morgan fingerprint density at radius 1 is 0.800 bits per heavy atom. The Hall–Kier alpha value is -2.16. The quantitative estimate of drug-likeness (QED) is 0.720. The van der Waals surface area contributed by atoms with Crippen molar-refractivity contribution >= 4 is 10.8 Å². The number of hydrogen-bond donors (Lipinski definition) is 1. The fourth-order valence-corrected chi connectivity index (χ4v) is 2.30. The van der Waals surface area contributed by atoms with Gasteiger partial charge in [0.2, 0.25) is 0 Å². The number of ether oxygens (including phenoxy) is 1. The van der Waals surface area contributed by atoms with Crippen LogP contribution in [-0.2, 0) is 11.3 Å². The van der Waals surface area contributed by atoms with E-state index in [4.69, 9.17) is 4.74 Å². The highest BCUT2D eigenvalue weighted by atomic mass is 16.6. The number of fused-ring (bicyclic) bond motifs is 1. The van der Waals surface area contributed by atoms with Crippen molar-refractivity contribution in [3.63, 3.8) is 0 Å². The third-order valence-electron chi connectivity index (χ3n) is 3.34. The molecule has 3 rings (SSSR count). The summed E-state index contributed by atoms with van der Waals surface area (Å²) >= 11 is 0. The smallest absolute Gasteiger partial charge is 0.182 e. The van der Waals surface area contributed by atoms with Gasteiger partial charge in [0.25, 0.3) is 0 Å². The van der Waals surface area contributed by atoms with Crippen LogP contribution in [0.4, 0.5) is 0 Å². The van der Waals surface area contributed by atoms with E-state index in [0.717, 1.165) is 21.9 Å². The van der Waals surface area contributed by atoms with Gasteiger partial charge in [-0.1, -0.05) is 72.8 Å². The number of rotatable bonds is 4. The molecular weight excluding hydrogens is 248 g/mol. The Balaban J connectivity index is 1.80. The number of hydrogen-bond acceptors (Lipinski definition) is 2. The lowest BCUT2D eigenvalue weighted by Gasteiger charge is -2.14. The van der Waals surface area contributed by atoms with Crippen molar-refractivity contribution in [1.82, 2.24) is 0 Å². The van der Waals surface area contributed by atoms with Crippen LogP contribution in [0.1, 0.15) is 17.4 Å². The van der Waals surface area contributed by atoms with E-state index in [1.54, 1.807) is 0 Å². The molecule has 0 aliphatic carbocycles. The second-order valence-corrected chi connectivity index (χ2v) is 4.72. The van der Waals surface area contributed by atoms with Crippen LogP contribution >= 0.6 is 0 Å². The molecule has 1 atom stereocenters. The predicted molar refractivity (Wildman–Crippen MR) is 80.1 cm³/mol. The molecule has 3 aromatic rings. The third kappa shape index (κ3) is 2.72. The summed E-state index contributed by atoms with van der Waals surface area (Å²) in [6.45, 7) is 0.394. The van der Waals surface area contributed by atoms with E-state index in [1.165, 1.54) is 0 Å². The summed E-state index contributed by atoms with van der Waals surface area (Å²) in [5.74, 6) is 0. The highest BCUT2D eigenvalue weighted by Gasteiger charge is 2.11. The van der Waals surface area contributed by atoms with Gasteiger partial charge >= 0.3 is 0 Å². The van der Waals surface area contributed by atoms with Crippen LogP contribution in [0.25, 0.3) is 10.8 Å². The SMILES string of the molecule is OC(OCc1ccccc1)c1cccc2ccccc12. The molecule has 0 aliphatic heterocycles. The minimum Gasteiger partial charge on any atom is -0.364 e. The Morgan fingerprint density at radius 2 is 1.50 bits per heavy atom. The van der Waals surface area contributed by atoms with E-state index < -0.39 is 6.29 Å². The molecular formula is C18H16O2. The highest BCUT2D eigenvalue weighted by molar-refractivity contribution is 5.85. The van der Waals surface area contributed by atoms with Crippen molar-refractivity contribution in [2.45, 2.75) is 12.9 Å². The van der Waals surface area contributed by atoms with E-state index in [1.807, 2.05) is 72.8 Å². The second kappa shape index (κ2) is 5.87. The maximum Gasteiger partial charge on any atom is 0.182 e. The van der Waals surface area contributed by atoms with Crippen LogP contribution in [-0.4, -0.2) is 5.11 Å². The molecule has 0 aliphatic rings. The molecule has 2 heteroatoms. The van der Waals surface area contributed by atoms with Crippen LogP contribution in [0.15, 0.2) is 72.8 Å². The van der Waals surface area contributed by atoms with Crippen LogP contribution in [0.2, 0.25) is 0 Å². The van der Waals surface area contributed by atoms with Gasteiger partial charge in [0.15, 0.2) is 6.29 Å². The molecule has 0 heterocycles. The minimum atomic E-state index is -0.915. The summed E-state index contributed by atoms with van der Waals surface area (Å²) < 4.78 is 5.58. The van der Waals surface area contributed by atoms with Gasteiger partial charge in [-0.05, 0) is 16.3 Å². The lowest BCUT2D eigenvalue weighted by Crippen LogP contribution is -2.04. The molecule has 1 N–H and O–H groups in total. The summed E-state index contributed by atoms with van der Waals surface area (Å²) in [5.41, 5.74) is 1.85. The largest absolute Gasteiger partial charge is 0.364 e. The zero-order chi connectivity index (χ0) is 13.8. The fraction of sp³-hybridized carbons (Fsp3) is 0.111. The first-order valence-corrected chi connectivity index (χ1v) is 6.66. The third-order valence-corrected chi connectivity index (χ3v) is 3.34. The van der Waals surface area contributed by atoms with Crippen LogP contribution in [0.5, 0.6) is 0 Å². The molecule has 0 spiro atoms. The molecule has 0 aromatic heterocycles. The highest BCUT2D eigenvalue weighted by Crippen LogP contribution is 2.25. The molecule has 0 saturated heterocycles. The maximum absolute atomic E-state index is 10.3. The van der Waals surface area contributed by atoms with Crippen molar-refractivity contribution in [2.24, 2.45) is 0 Å². The summed E-state index contributed by atoms with van der Waals surface area (Å²) in [7, 11) is 0. The zero-order valence-electron chi connectivity index (χ0n) is 11.1. The summed E-state index contributed by atoms with van der Waals surface area (Å²) in [6, 6.07) is 23.7. The van der Waals surface area contributed by atoms with E-state index in [-0.39, 0.29) is 0 Å². The predicted octanol–water partition coefficient (Wildman–Crippen LogP) is 4.05. The molecule has 2 nitrogen and oxygen atoms in total. The van der Waals surface area contributed by atoms with E-state index in [0.29, 0.717) is 6.61 Å². The van der Waals surface area contributed by atoms with Gasteiger partial charge in [-0.3, -0.25) is 0 Å². The van der Waals surface area contributed by atoms with Crippen molar-refractivity contribution in [3.05, 3.63) is 83.9 Å². The molecule has 0 amide bonds. The molecule has 0 radical (unpaired) electrons. The topological polar surface area (TPSA) is 29.5 Å². The van der Waals surface area contributed by atoms with Gasteiger partial charge in [0, 0.05) is 5.56 Å². The normalized spacial score (nSPS) is 12.4. The molecule has 0 fully saturated rings. The molecule has 3 aromatic carbocycles. The maximum atomic E-state index is 10.3. The van der Waals surface area contributed by atoms with Gasteiger partial charge in [-0.25, -0.2) is 0 Å². The summed E-state index contributed by atoms with van der Waals surface area (Å²) in [5, 5.41) is 12.4. The van der Waals surface area contributed by atoms with Crippen LogP contribution in [0.3, 0.4) is 0 Å². The molecule has 0 bridgehead atoms. The number of benzene rings is 3. The molecule has 20 heavy (non-hydrogen) atoms. The van der Waals surface area contributed by atoms with Gasteiger partial charge in [0.05, 0.1) is 6.61 Å². The van der Waals surface area contributed by atoms with E-state index in [2.05, 4.69) is 0 Å². The Kier molecular flexibility index (Phi) is 3.77. The van der Waals surface area contributed by atoms with Crippen molar-refractivity contribution in [2.75, 3.05) is 0 Å². The van der Waals surface area contributed by atoms with Gasteiger partial charge in [0.1, 0.15) is 0 Å². The lowest BCUT2D eigenvalue weighted by atomic mass is 10.0. The first kappa shape index (κ1) is 12.9. The minimum absolute atomic E-state index is 0.394. The molecule has 1 unspecified atom stereocenters. The first-order chi connectivity index (χ1) is 9.84. The first-order valence-electron chi connectivity index (χ1n) is 6.66. The number of aliphatic hydroxyl groups is 1. The van der Waals surface area contributed by atoms with Crippen molar-refractivity contribution < 1.29 is 9.84 Å². The average molecular weight is 264 g/mol.